The Hall–Kier alpha value is -3.31. The molecule has 1 amide bonds. The molecule has 2 N–H and O–H groups in total. The lowest BCUT2D eigenvalue weighted by atomic mass is 10.0. The van der Waals surface area contributed by atoms with E-state index in [0.29, 0.717) is 6.42 Å². The van der Waals surface area contributed by atoms with Crippen molar-refractivity contribution in [3.63, 3.8) is 0 Å². The molecule has 1 atom stereocenters. The van der Waals surface area contributed by atoms with Crippen molar-refractivity contribution in [1.29, 1.82) is 0 Å². The van der Waals surface area contributed by atoms with Gasteiger partial charge in [0.25, 0.3) is 0 Å². The molecule has 0 saturated carbocycles. The van der Waals surface area contributed by atoms with Gasteiger partial charge in [0.15, 0.2) is 5.16 Å². The highest BCUT2D eigenvalue weighted by Gasteiger charge is 2.23. The van der Waals surface area contributed by atoms with Crippen LogP contribution in [0.1, 0.15) is 42.5 Å². The van der Waals surface area contributed by atoms with Crippen molar-refractivity contribution in [3.8, 4) is 22.5 Å². The van der Waals surface area contributed by atoms with Gasteiger partial charge in [0.1, 0.15) is 0 Å². The number of thioether (sulfide) groups is 1. The van der Waals surface area contributed by atoms with E-state index in [1.54, 1.807) is 0 Å². The fraction of sp³-hybridized carbons (Fsp3) is 0.267. The molecule has 0 aliphatic heterocycles. The fourth-order valence-corrected chi connectivity index (χ4v) is 5.03. The molecule has 0 spiro atoms. The molecule has 1 heterocycles. The van der Waals surface area contributed by atoms with E-state index in [0.717, 1.165) is 50.9 Å². The van der Waals surface area contributed by atoms with Crippen LogP contribution < -0.4 is 5.32 Å². The largest absolute Gasteiger partial charge is 0.332 e. The number of hydrogen-bond donors (Lipinski definition) is 2. The lowest BCUT2D eigenvalue weighted by molar-refractivity contribution is -0.115. The Bertz CT molecular complexity index is 1240. The van der Waals surface area contributed by atoms with Gasteiger partial charge >= 0.3 is 0 Å². The zero-order valence-corrected chi connectivity index (χ0v) is 21.9. The molecule has 0 aliphatic rings. The molecule has 0 fully saturated rings. The van der Waals surface area contributed by atoms with Crippen LogP contribution in [0.3, 0.4) is 0 Å². The highest BCUT2D eigenvalue weighted by Crippen LogP contribution is 2.35. The monoisotopic (exact) mass is 483 g/mol. The highest BCUT2D eigenvalue weighted by atomic mass is 32.2. The number of imidazole rings is 1. The zero-order valence-electron chi connectivity index (χ0n) is 21.1. The first kappa shape index (κ1) is 24.8. The van der Waals surface area contributed by atoms with Crippen LogP contribution in [0.5, 0.6) is 0 Å². The maximum Gasteiger partial charge on any atom is 0.237 e. The van der Waals surface area contributed by atoms with E-state index < -0.39 is 0 Å². The summed E-state index contributed by atoms with van der Waals surface area (Å²) in [6, 6.07) is 23.0. The summed E-state index contributed by atoms with van der Waals surface area (Å²) in [5.74, 6) is 0.00618. The number of nitrogens with one attached hydrogen (secondary N) is 2. The molecule has 1 aromatic heterocycles. The maximum atomic E-state index is 13.3. The Morgan fingerprint density at radius 3 is 2.14 bits per heavy atom. The molecule has 4 rings (SSSR count). The second-order valence-electron chi connectivity index (χ2n) is 8.96. The normalized spacial score (nSPS) is 11.9. The van der Waals surface area contributed by atoms with Crippen LogP contribution in [0.15, 0.2) is 71.9 Å². The molecule has 1 unspecified atom stereocenters. The topological polar surface area (TPSA) is 57.8 Å². The maximum absolute atomic E-state index is 13.3. The Balaban J connectivity index is 1.65. The van der Waals surface area contributed by atoms with Gasteiger partial charge in [-0.05, 0) is 44.7 Å². The van der Waals surface area contributed by atoms with Crippen LogP contribution in [0.25, 0.3) is 22.5 Å². The second kappa shape index (κ2) is 11.0. The van der Waals surface area contributed by atoms with Gasteiger partial charge in [-0.1, -0.05) is 103 Å². The second-order valence-corrected chi connectivity index (χ2v) is 10.2. The molecule has 35 heavy (non-hydrogen) atoms. The summed E-state index contributed by atoms with van der Waals surface area (Å²) < 4.78 is 0. The number of H-pyrrole nitrogens is 1. The van der Waals surface area contributed by atoms with Gasteiger partial charge in [-0.15, -0.1) is 0 Å². The Labute approximate surface area is 212 Å². The third-order valence-electron chi connectivity index (χ3n) is 6.25. The van der Waals surface area contributed by atoms with Crippen LogP contribution in [-0.4, -0.2) is 21.1 Å². The van der Waals surface area contributed by atoms with Gasteiger partial charge in [-0.2, -0.15) is 0 Å². The van der Waals surface area contributed by atoms with E-state index in [-0.39, 0.29) is 11.2 Å². The molecule has 4 aromatic rings. The number of aryl methyl sites for hydroxylation is 4. The third-order valence-corrected chi connectivity index (χ3v) is 7.50. The van der Waals surface area contributed by atoms with Crippen molar-refractivity contribution in [2.24, 2.45) is 0 Å². The molecular weight excluding hydrogens is 450 g/mol. The van der Waals surface area contributed by atoms with Crippen molar-refractivity contribution in [3.05, 3.63) is 89.0 Å². The van der Waals surface area contributed by atoms with Gasteiger partial charge < -0.3 is 10.3 Å². The van der Waals surface area contributed by atoms with Gasteiger partial charge in [0, 0.05) is 16.8 Å². The van der Waals surface area contributed by atoms with Crippen molar-refractivity contribution in [1.82, 2.24) is 9.97 Å². The van der Waals surface area contributed by atoms with E-state index in [4.69, 9.17) is 4.98 Å². The summed E-state index contributed by atoms with van der Waals surface area (Å²) >= 11 is 1.49. The van der Waals surface area contributed by atoms with E-state index in [9.17, 15) is 4.79 Å². The summed E-state index contributed by atoms with van der Waals surface area (Å²) in [4.78, 5) is 21.8. The number of nitrogens with zero attached hydrogens (tertiary/aromatic N) is 1. The fourth-order valence-electron chi connectivity index (χ4n) is 4.12. The van der Waals surface area contributed by atoms with Crippen LogP contribution in [0.2, 0.25) is 0 Å². The Morgan fingerprint density at radius 2 is 1.54 bits per heavy atom. The van der Waals surface area contributed by atoms with Crippen molar-refractivity contribution >= 4 is 23.4 Å². The van der Waals surface area contributed by atoms with Gasteiger partial charge in [0.05, 0.1) is 16.6 Å². The lowest BCUT2D eigenvalue weighted by Crippen LogP contribution is -2.25. The number of para-hydroxylation sites is 1. The number of aromatic nitrogens is 2. The summed E-state index contributed by atoms with van der Waals surface area (Å²) in [6.45, 7) is 10.4. The van der Waals surface area contributed by atoms with Crippen molar-refractivity contribution in [2.75, 3.05) is 5.32 Å². The highest BCUT2D eigenvalue weighted by molar-refractivity contribution is 8.00. The molecule has 5 heteroatoms. The molecule has 180 valence electrons. The molecule has 0 aliphatic carbocycles. The molecule has 0 bridgehead atoms. The first-order valence-electron chi connectivity index (χ1n) is 12.2. The van der Waals surface area contributed by atoms with Gasteiger partial charge in [-0.3, -0.25) is 4.79 Å². The number of aromatic amines is 1. The molecule has 4 nitrogen and oxygen atoms in total. The van der Waals surface area contributed by atoms with Gasteiger partial charge in [-0.25, -0.2) is 4.98 Å². The number of anilines is 1. The average Bonchev–Trinajstić information content (AvgIpc) is 3.28. The van der Waals surface area contributed by atoms with E-state index in [1.165, 1.54) is 22.9 Å². The number of amides is 1. The smallest absolute Gasteiger partial charge is 0.237 e. The summed E-state index contributed by atoms with van der Waals surface area (Å²) in [7, 11) is 0. The number of carbonyl (C=O) groups is 1. The molecule has 0 saturated heterocycles. The molecular formula is C30H33N3OS. The number of carbonyl (C=O) groups excluding carboxylic acids is 1. The van der Waals surface area contributed by atoms with Crippen molar-refractivity contribution < 1.29 is 4.79 Å². The Kier molecular flexibility index (Phi) is 7.76. The van der Waals surface area contributed by atoms with Crippen LogP contribution in [0, 0.1) is 20.8 Å². The summed E-state index contributed by atoms with van der Waals surface area (Å²) in [5, 5.41) is 3.68. The van der Waals surface area contributed by atoms with E-state index >= 15 is 0 Å². The number of rotatable bonds is 8. The Morgan fingerprint density at radius 1 is 0.914 bits per heavy atom. The SMILES string of the molecule is CCc1cccc(C)c1NC(=O)C(CC)Sc1nc(-c2ccc(C)cc2)c(-c2ccc(C)cc2)[nH]1. The molecule has 3 aromatic carbocycles. The van der Waals surface area contributed by atoms with Crippen LogP contribution in [0.4, 0.5) is 5.69 Å². The van der Waals surface area contributed by atoms with Crippen LogP contribution in [-0.2, 0) is 11.2 Å². The number of benzene rings is 3. The first-order valence-corrected chi connectivity index (χ1v) is 13.1. The standard InChI is InChI=1S/C30H33N3OS/c1-6-22-10-8-9-21(5)26(22)31-29(34)25(7-2)35-30-32-27(23-15-11-19(3)12-16-23)28(33-30)24-17-13-20(4)14-18-24/h8-18,25H,6-7H2,1-5H3,(H,31,34)(H,32,33). The zero-order chi connectivity index (χ0) is 24.9. The van der Waals surface area contributed by atoms with E-state index in [1.807, 2.05) is 26.0 Å². The lowest BCUT2D eigenvalue weighted by Gasteiger charge is -2.17. The first-order chi connectivity index (χ1) is 16.9. The minimum atomic E-state index is -0.262. The quantitative estimate of drug-likeness (QED) is 0.252. The summed E-state index contributed by atoms with van der Waals surface area (Å²) in [6.07, 6.45) is 1.57. The average molecular weight is 484 g/mol. The minimum Gasteiger partial charge on any atom is -0.332 e. The third kappa shape index (κ3) is 5.68. The predicted octanol–water partition coefficient (Wildman–Crippen LogP) is 7.74. The number of hydrogen-bond acceptors (Lipinski definition) is 3. The van der Waals surface area contributed by atoms with Gasteiger partial charge in [0.2, 0.25) is 5.91 Å². The minimum absolute atomic E-state index is 0.00618. The van der Waals surface area contributed by atoms with E-state index in [2.05, 4.69) is 85.7 Å². The summed E-state index contributed by atoms with van der Waals surface area (Å²) in [5.41, 5.74) is 9.59. The molecule has 0 radical (unpaired) electrons. The van der Waals surface area contributed by atoms with Crippen molar-refractivity contribution in [2.45, 2.75) is 57.9 Å². The van der Waals surface area contributed by atoms with Crippen LogP contribution >= 0.6 is 11.8 Å². The predicted molar refractivity (Wildman–Crippen MR) is 148 cm³/mol.